The third-order valence-electron chi connectivity index (χ3n) is 4.46. The minimum atomic E-state index is -0.385. The molecule has 0 spiro atoms. The number of hydrogen-bond donors (Lipinski definition) is 3. The Morgan fingerprint density at radius 1 is 1.21 bits per heavy atom. The van der Waals surface area contributed by atoms with Crippen LogP contribution in [-0.4, -0.2) is 17.6 Å². The maximum atomic E-state index is 12.8. The van der Waals surface area contributed by atoms with E-state index in [0.717, 1.165) is 5.56 Å². The van der Waals surface area contributed by atoms with Gasteiger partial charge in [-0.3, -0.25) is 4.79 Å². The van der Waals surface area contributed by atoms with Gasteiger partial charge in [0.1, 0.15) is 5.76 Å². The molecule has 28 heavy (non-hydrogen) atoms. The van der Waals surface area contributed by atoms with Crippen molar-refractivity contribution in [3.63, 3.8) is 0 Å². The number of fused-ring (bicyclic) bond motifs is 1. The van der Waals surface area contributed by atoms with E-state index in [9.17, 15) is 4.79 Å². The Balaban J connectivity index is 1.98. The van der Waals surface area contributed by atoms with Gasteiger partial charge in [0.05, 0.1) is 15.8 Å². The molecular formula is C19H21Cl2N5O2. The van der Waals surface area contributed by atoms with Crippen LogP contribution in [0.5, 0.6) is 0 Å². The normalized spacial score (nSPS) is 16.5. The van der Waals surface area contributed by atoms with Crippen molar-refractivity contribution in [1.29, 1.82) is 0 Å². The SMILES string of the molecule is Cc1c(C(=O)Nc2ccc(Cl)c(Cl)c2)oc2c1/C(=N\N=C(N)N)CC(C)(C)C2. The fourth-order valence-electron chi connectivity index (χ4n) is 3.30. The third-order valence-corrected chi connectivity index (χ3v) is 5.20. The van der Waals surface area contributed by atoms with Crippen LogP contribution < -0.4 is 16.8 Å². The molecule has 7 nitrogen and oxygen atoms in total. The summed E-state index contributed by atoms with van der Waals surface area (Å²) in [5.41, 5.74) is 13.4. The van der Waals surface area contributed by atoms with Gasteiger partial charge in [0.15, 0.2) is 5.76 Å². The van der Waals surface area contributed by atoms with Crippen molar-refractivity contribution >= 4 is 46.5 Å². The quantitative estimate of drug-likeness (QED) is 0.392. The van der Waals surface area contributed by atoms with Gasteiger partial charge in [0.25, 0.3) is 5.91 Å². The second-order valence-electron chi connectivity index (χ2n) is 7.53. The number of furan rings is 1. The van der Waals surface area contributed by atoms with Crippen LogP contribution in [0.15, 0.2) is 32.8 Å². The first-order valence-electron chi connectivity index (χ1n) is 8.62. The maximum absolute atomic E-state index is 12.8. The second kappa shape index (κ2) is 7.48. The number of rotatable bonds is 3. The van der Waals surface area contributed by atoms with E-state index in [1.54, 1.807) is 18.2 Å². The summed E-state index contributed by atoms with van der Waals surface area (Å²) in [6.45, 7) is 6.00. The van der Waals surface area contributed by atoms with Crippen LogP contribution in [-0.2, 0) is 6.42 Å². The molecule has 1 heterocycles. The maximum Gasteiger partial charge on any atom is 0.291 e. The van der Waals surface area contributed by atoms with Crippen molar-refractivity contribution in [3.8, 4) is 0 Å². The lowest BCUT2D eigenvalue weighted by molar-refractivity contribution is 0.0993. The molecule has 3 rings (SSSR count). The fourth-order valence-corrected chi connectivity index (χ4v) is 3.59. The van der Waals surface area contributed by atoms with Crippen LogP contribution in [0.25, 0.3) is 0 Å². The molecule has 0 unspecified atom stereocenters. The number of nitrogens with two attached hydrogens (primary N) is 2. The molecule has 148 valence electrons. The van der Waals surface area contributed by atoms with E-state index in [4.69, 9.17) is 39.1 Å². The largest absolute Gasteiger partial charge is 0.455 e. The minimum Gasteiger partial charge on any atom is -0.455 e. The molecule has 1 aliphatic carbocycles. The zero-order valence-electron chi connectivity index (χ0n) is 15.8. The lowest BCUT2D eigenvalue weighted by Gasteiger charge is -2.29. The number of carbonyl (C=O) groups is 1. The van der Waals surface area contributed by atoms with Crippen LogP contribution >= 0.6 is 23.2 Å². The van der Waals surface area contributed by atoms with Gasteiger partial charge in [-0.25, -0.2) is 0 Å². The van der Waals surface area contributed by atoms with Gasteiger partial charge in [-0.15, -0.1) is 5.10 Å². The Kier molecular flexibility index (Phi) is 5.41. The van der Waals surface area contributed by atoms with E-state index in [1.807, 2.05) is 6.92 Å². The average molecular weight is 422 g/mol. The van der Waals surface area contributed by atoms with Crippen molar-refractivity contribution in [1.82, 2.24) is 0 Å². The smallest absolute Gasteiger partial charge is 0.291 e. The van der Waals surface area contributed by atoms with E-state index in [0.29, 0.717) is 45.6 Å². The minimum absolute atomic E-state index is 0.105. The lowest BCUT2D eigenvalue weighted by atomic mass is 9.75. The zero-order chi connectivity index (χ0) is 20.6. The van der Waals surface area contributed by atoms with E-state index < -0.39 is 0 Å². The summed E-state index contributed by atoms with van der Waals surface area (Å²) in [6, 6.07) is 4.86. The highest BCUT2D eigenvalue weighted by molar-refractivity contribution is 6.42. The van der Waals surface area contributed by atoms with Crippen molar-refractivity contribution in [2.24, 2.45) is 27.1 Å². The first-order valence-corrected chi connectivity index (χ1v) is 9.37. The molecule has 9 heteroatoms. The Morgan fingerprint density at radius 3 is 2.57 bits per heavy atom. The topological polar surface area (TPSA) is 119 Å². The molecule has 2 aromatic rings. The third kappa shape index (κ3) is 4.15. The van der Waals surface area contributed by atoms with Crippen LogP contribution in [0.1, 0.15) is 47.7 Å². The summed E-state index contributed by atoms with van der Waals surface area (Å²) >= 11 is 11.9. The molecule has 1 aromatic carbocycles. The van der Waals surface area contributed by atoms with Crippen molar-refractivity contribution in [2.75, 3.05) is 5.32 Å². The summed E-state index contributed by atoms with van der Waals surface area (Å²) in [4.78, 5) is 12.8. The molecular weight excluding hydrogens is 401 g/mol. The number of guanidine groups is 1. The summed E-state index contributed by atoms with van der Waals surface area (Å²) < 4.78 is 5.93. The van der Waals surface area contributed by atoms with Crippen molar-refractivity contribution < 1.29 is 9.21 Å². The van der Waals surface area contributed by atoms with Crippen LogP contribution in [0.3, 0.4) is 0 Å². The van der Waals surface area contributed by atoms with E-state index in [-0.39, 0.29) is 23.0 Å². The number of carbonyl (C=O) groups excluding carboxylic acids is 1. The molecule has 0 saturated carbocycles. The number of halogens is 2. The monoisotopic (exact) mass is 421 g/mol. The van der Waals surface area contributed by atoms with Gasteiger partial charge in [-0.05, 0) is 37.0 Å². The fraction of sp³-hybridized carbons (Fsp3) is 0.316. The van der Waals surface area contributed by atoms with Crippen molar-refractivity contribution in [3.05, 3.63) is 50.9 Å². The Labute approximate surface area is 172 Å². The number of hydrogen-bond acceptors (Lipinski definition) is 4. The van der Waals surface area contributed by atoms with Gasteiger partial charge in [-0.1, -0.05) is 37.0 Å². The van der Waals surface area contributed by atoms with Crippen molar-refractivity contribution in [2.45, 2.75) is 33.6 Å². The molecule has 1 aromatic heterocycles. The Morgan fingerprint density at radius 2 is 1.93 bits per heavy atom. The second-order valence-corrected chi connectivity index (χ2v) is 8.34. The number of benzene rings is 1. The molecule has 0 aliphatic heterocycles. The van der Waals surface area contributed by atoms with Gasteiger partial charge < -0.3 is 21.2 Å². The number of anilines is 1. The van der Waals surface area contributed by atoms with E-state index in [1.165, 1.54) is 0 Å². The van der Waals surface area contributed by atoms with E-state index >= 15 is 0 Å². The predicted molar refractivity (Wildman–Crippen MR) is 112 cm³/mol. The van der Waals surface area contributed by atoms with Gasteiger partial charge in [0.2, 0.25) is 5.96 Å². The average Bonchev–Trinajstić information content (AvgIpc) is 2.91. The highest BCUT2D eigenvalue weighted by Gasteiger charge is 2.36. The molecule has 0 fully saturated rings. The Hall–Kier alpha value is -2.51. The lowest BCUT2D eigenvalue weighted by Crippen LogP contribution is -2.27. The molecule has 0 atom stereocenters. The Bertz CT molecular complexity index is 1000. The standard InChI is InChI=1S/C19H21Cl2N5O2/c1-9-15-13(25-26-18(22)23)7-19(2,3)8-14(15)28-16(9)17(27)24-10-4-5-11(20)12(21)6-10/h4-6H,7-8H2,1-3H3,(H,24,27)(H4,22,23,26)/b25-13-. The summed E-state index contributed by atoms with van der Waals surface area (Å²) in [5.74, 6) is 0.393. The molecule has 0 radical (unpaired) electrons. The zero-order valence-corrected chi connectivity index (χ0v) is 17.3. The van der Waals surface area contributed by atoms with Gasteiger partial charge in [0, 0.05) is 23.2 Å². The highest BCUT2D eigenvalue weighted by Crippen LogP contribution is 2.39. The first-order chi connectivity index (χ1) is 13.1. The molecule has 1 aliphatic rings. The number of nitrogens with zero attached hydrogens (tertiary/aromatic N) is 2. The number of amides is 1. The molecule has 5 N–H and O–H groups in total. The number of nitrogens with one attached hydrogen (secondary N) is 1. The summed E-state index contributed by atoms with van der Waals surface area (Å²) in [5, 5.41) is 11.5. The summed E-state index contributed by atoms with van der Waals surface area (Å²) in [6.07, 6.45) is 1.33. The van der Waals surface area contributed by atoms with Crippen LogP contribution in [0, 0.1) is 12.3 Å². The molecule has 0 saturated heterocycles. The first kappa shape index (κ1) is 20.2. The van der Waals surface area contributed by atoms with Gasteiger partial charge in [-0.2, -0.15) is 5.10 Å². The predicted octanol–water partition coefficient (Wildman–Crippen LogP) is 4.10. The highest BCUT2D eigenvalue weighted by atomic mass is 35.5. The van der Waals surface area contributed by atoms with Gasteiger partial charge >= 0.3 is 0 Å². The van der Waals surface area contributed by atoms with Crippen LogP contribution in [0.2, 0.25) is 10.0 Å². The summed E-state index contributed by atoms with van der Waals surface area (Å²) in [7, 11) is 0. The van der Waals surface area contributed by atoms with E-state index in [2.05, 4.69) is 29.4 Å². The van der Waals surface area contributed by atoms with Crippen LogP contribution in [0.4, 0.5) is 5.69 Å². The molecule has 0 bridgehead atoms. The molecule has 1 amide bonds.